The first-order valence-corrected chi connectivity index (χ1v) is 13.0. The zero-order valence-corrected chi connectivity index (χ0v) is 21.7. The predicted octanol–water partition coefficient (Wildman–Crippen LogP) is 6.95. The predicted molar refractivity (Wildman–Crippen MR) is 151 cm³/mol. The highest BCUT2D eigenvalue weighted by molar-refractivity contribution is 8.04. The molecule has 4 aromatic carbocycles. The summed E-state index contributed by atoms with van der Waals surface area (Å²) in [7, 11) is 1.81. The van der Waals surface area contributed by atoms with Crippen molar-refractivity contribution >= 4 is 35.3 Å². The molecule has 0 aliphatic carbocycles. The Kier molecular flexibility index (Phi) is 7.24. The second kappa shape index (κ2) is 10.9. The van der Waals surface area contributed by atoms with Crippen LogP contribution >= 0.6 is 11.8 Å². The van der Waals surface area contributed by atoms with Crippen molar-refractivity contribution in [2.75, 3.05) is 11.9 Å². The van der Waals surface area contributed by atoms with E-state index in [2.05, 4.69) is 25.1 Å². The van der Waals surface area contributed by atoms with Gasteiger partial charge in [0.2, 0.25) is 0 Å². The van der Waals surface area contributed by atoms with Crippen LogP contribution in [0, 0.1) is 6.92 Å². The van der Waals surface area contributed by atoms with Gasteiger partial charge in [0.05, 0.1) is 17.1 Å². The van der Waals surface area contributed by atoms with Crippen molar-refractivity contribution in [3.63, 3.8) is 0 Å². The molecule has 0 N–H and O–H groups in total. The van der Waals surface area contributed by atoms with E-state index in [0.29, 0.717) is 23.6 Å². The molecule has 184 valence electrons. The van der Waals surface area contributed by atoms with Gasteiger partial charge in [0.1, 0.15) is 0 Å². The number of hydrogen-bond acceptors (Lipinski definition) is 3. The smallest absolute Gasteiger partial charge is 0.265 e. The summed E-state index contributed by atoms with van der Waals surface area (Å²) in [5, 5.41) is 0. The first kappa shape index (κ1) is 24.6. The van der Waals surface area contributed by atoms with Crippen molar-refractivity contribution in [1.29, 1.82) is 0 Å². The molecule has 4 nitrogen and oxygen atoms in total. The highest BCUT2D eigenvalue weighted by Gasteiger charge is 2.29. The summed E-state index contributed by atoms with van der Waals surface area (Å²) in [5.74, 6) is -0.0580. The highest BCUT2D eigenvalue weighted by atomic mass is 32.2. The second-order valence-corrected chi connectivity index (χ2v) is 10.3. The molecule has 0 fully saturated rings. The minimum atomic E-state index is -0.0376. The third-order valence-electron chi connectivity index (χ3n) is 6.32. The number of aryl methyl sites for hydroxylation is 1. The largest absolute Gasteiger partial charge is 0.337 e. The Labute approximate surface area is 222 Å². The molecular weight excluding hydrogens is 476 g/mol. The van der Waals surface area contributed by atoms with E-state index in [1.54, 1.807) is 4.90 Å². The number of hydrogen-bond donors (Lipinski definition) is 0. The SMILES string of the molecule is Cc1cccc(CN2C(=O)/C(=C\c3ccc(C(=O)N(C)Cc4ccccc4)cc3)Sc3ccccc32)c1. The van der Waals surface area contributed by atoms with E-state index in [1.165, 1.54) is 17.3 Å². The number of fused-ring (bicyclic) bond motifs is 1. The fraction of sp³-hybridized carbons (Fsp3) is 0.125. The van der Waals surface area contributed by atoms with Crippen molar-refractivity contribution in [1.82, 2.24) is 4.90 Å². The first-order chi connectivity index (χ1) is 18.0. The van der Waals surface area contributed by atoms with Gasteiger partial charge < -0.3 is 9.80 Å². The van der Waals surface area contributed by atoms with Gasteiger partial charge in [-0.2, -0.15) is 0 Å². The quantitative estimate of drug-likeness (QED) is 0.267. The summed E-state index contributed by atoms with van der Waals surface area (Å²) >= 11 is 1.49. The molecule has 0 aromatic heterocycles. The molecule has 0 saturated heterocycles. The topological polar surface area (TPSA) is 40.6 Å². The lowest BCUT2D eigenvalue weighted by molar-refractivity contribution is -0.114. The Morgan fingerprint density at radius 2 is 1.57 bits per heavy atom. The number of anilines is 1. The number of carbonyl (C=O) groups is 2. The lowest BCUT2D eigenvalue weighted by atomic mass is 10.1. The van der Waals surface area contributed by atoms with Crippen molar-refractivity contribution in [3.05, 3.63) is 136 Å². The van der Waals surface area contributed by atoms with Gasteiger partial charge in [0.25, 0.3) is 11.8 Å². The van der Waals surface area contributed by atoms with Gasteiger partial charge in [0.15, 0.2) is 0 Å². The number of benzene rings is 4. The van der Waals surface area contributed by atoms with Gasteiger partial charge in [-0.3, -0.25) is 9.59 Å². The summed E-state index contributed by atoms with van der Waals surface area (Å²) < 4.78 is 0. The molecule has 1 aliphatic rings. The second-order valence-electron chi connectivity index (χ2n) is 9.23. The van der Waals surface area contributed by atoms with Gasteiger partial charge in [-0.05, 0) is 54.0 Å². The lowest BCUT2D eigenvalue weighted by Gasteiger charge is -2.30. The van der Waals surface area contributed by atoms with Crippen LogP contribution in [0.1, 0.15) is 32.6 Å². The fourth-order valence-electron chi connectivity index (χ4n) is 4.44. The van der Waals surface area contributed by atoms with Crippen LogP contribution < -0.4 is 4.90 Å². The van der Waals surface area contributed by atoms with Gasteiger partial charge in [-0.25, -0.2) is 0 Å². The summed E-state index contributed by atoms with van der Waals surface area (Å²) in [6, 6.07) is 33.7. The maximum Gasteiger partial charge on any atom is 0.265 e. The standard InChI is InChI=1S/C32H28N2O2S/c1-23-9-8-12-26(19-23)22-34-28-13-6-7-14-29(28)37-30(32(34)36)20-24-15-17-27(18-16-24)31(35)33(2)21-25-10-4-3-5-11-25/h3-20H,21-22H2,1-2H3/b30-20+. The van der Waals surface area contributed by atoms with Crippen molar-refractivity contribution in [2.24, 2.45) is 0 Å². The van der Waals surface area contributed by atoms with E-state index in [-0.39, 0.29) is 11.8 Å². The molecular formula is C32H28N2O2S. The summed E-state index contributed by atoms with van der Waals surface area (Å²) in [5.41, 5.74) is 5.78. The van der Waals surface area contributed by atoms with Crippen LogP contribution in [0.15, 0.2) is 113 Å². The fourth-order valence-corrected chi connectivity index (χ4v) is 5.49. The van der Waals surface area contributed by atoms with E-state index in [1.807, 2.05) is 103 Å². The zero-order chi connectivity index (χ0) is 25.8. The van der Waals surface area contributed by atoms with Crippen LogP contribution in [0.4, 0.5) is 5.69 Å². The Hall–Kier alpha value is -4.09. The van der Waals surface area contributed by atoms with E-state index in [4.69, 9.17) is 0 Å². The van der Waals surface area contributed by atoms with Crippen LogP contribution in [0.25, 0.3) is 6.08 Å². The highest BCUT2D eigenvalue weighted by Crippen LogP contribution is 2.42. The molecule has 2 amide bonds. The summed E-state index contributed by atoms with van der Waals surface area (Å²) in [6.45, 7) is 3.12. The Bertz CT molecular complexity index is 1460. The third-order valence-corrected chi connectivity index (χ3v) is 7.40. The molecule has 1 aliphatic heterocycles. The first-order valence-electron chi connectivity index (χ1n) is 12.2. The average Bonchev–Trinajstić information content (AvgIpc) is 2.91. The molecule has 0 radical (unpaired) electrons. The van der Waals surface area contributed by atoms with Crippen molar-refractivity contribution < 1.29 is 9.59 Å². The number of rotatable bonds is 6. The average molecular weight is 505 g/mol. The van der Waals surface area contributed by atoms with Crippen molar-refractivity contribution in [2.45, 2.75) is 24.9 Å². The molecule has 0 atom stereocenters. The van der Waals surface area contributed by atoms with E-state index < -0.39 is 0 Å². The van der Waals surface area contributed by atoms with Gasteiger partial charge in [-0.1, -0.05) is 96.2 Å². The molecule has 37 heavy (non-hydrogen) atoms. The number of para-hydroxylation sites is 1. The molecule has 5 rings (SSSR count). The molecule has 5 heteroatoms. The van der Waals surface area contributed by atoms with Crippen LogP contribution in [0.2, 0.25) is 0 Å². The number of carbonyl (C=O) groups excluding carboxylic acids is 2. The van der Waals surface area contributed by atoms with Crippen LogP contribution in [0.5, 0.6) is 0 Å². The minimum Gasteiger partial charge on any atom is -0.337 e. The van der Waals surface area contributed by atoms with Crippen LogP contribution in [0.3, 0.4) is 0 Å². The molecule has 4 aromatic rings. The number of amides is 2. The molecule has 0 bridgehead atoms. The summed E-state index contributed by atoms with van der Waals surface area (Å²) in [4.78, 5) is 31.8. The normalized spacial score (nSPS) is 13.9. The van der Waals surface area contributed by atoms with Crippen LogP contribution in [-0.2, 0) is 17.9 Å². The van der Waals surface area contributed by atoms with E-state index in [0.717, 1.165) is 27.3 Å². The van der Waals surface area contributed by atoms with E-state index >= 15 is 0 Å². The molecule has 0 saturated carbocycles. The van der Waals surface area contributed by atoms with Gasteiger partial charge >= 0.3 is 0 Å². The Morgan fingerprint density at radius 1 is 0.865 bits per heavy atom. The van der Waals surface area contributed by atoms with Gasteiger partial charge in [-0.15, -0.1) is 0 Å². The van der Waals surface area contributed by atoms with Gasteiger partial charge in [0, 0.05) is 24.1 Å². The molecule has 1 heterocycles. The Balaban J connectivity index is 1.36. The molecule has 0 spiro atoms. The van der Waals surface area contributed by atoms with Crippen LogP contribution in [-0.4, -0.2) is 23.8 Å². The Morgan fingerprint density at radius 3 is 2.32 bits per heavy atom. The molecule has 0 unspecified atom stereocenters. The van der Waals surface area contributed by atoms with E-state index in [9.17, 15) is 9.59 Å². The summed E-state index contributed by atoms with van der Waals surface area (Å²) in [6.07, 6.45) is 1.91. The monoisotopic (exact) mass is 504 g/mol. The number of thioether (sulfide) groups is 1. The number of nitrogens with zero attached hydrogens (tertiary/aromatic N) is 2. The zero-order valence-electron chi connectivity index (χ0n) is 20.9. The maximum absolute atomic E-state index is 13.6. The third kappa shape index (κ3) is 5.68. The maximum atomic E-state index is 13.6. The van der Waals surface area contributed by atoms with Crippen molar-refractivity contribution in [3.8, 4) is 0 Å². The lowest BCUT2D eigenvalue weighted by Crippen LogP contribution is -2.33. The minimum absolute atomic E-state index is 0.0204.